The van der Waals surface area contributed by atoms with E-state index >= 15 is 0 Å². The lowest BCUT2D eigenvalue weighted by atomic mass is 9.99. The van der Waals surface area contributed by atoms with Crippen LogP contribution in [-0.4, -0.2) is 120 Å². The molecule has 3 aliphatic heterocycles. The number of piperazine rings is 1. The van der Waals surface area contributed by atoms with Crippen molar-refractivity contribution in [2.45, 2.75) is 79.3 Å². The normalized spacial score (nSPS) is 16.5. The molecule has 0 aliphatic carbocycles. The van der Waals surface area contributed by atoms with Gasteiger partial charge in [-0.05, 0) is 115 Å². The molecule has 374 valence electrons. The van der Waals surface area contributed by atoms with E-state index in [0.29, 0.717) is 41.2 Å². The monoisotopic (exact) mass is 1040 g/mol. The molecule has 1 fully saturated rings. The fraction of sp³-hybridized carbons (Fsp3) is 0.377. The first kappa shape index (κ1) is 51.0. The molecule has 2 amide bonds. The number of carbonyl (C=O) groups is 2. The van der Waals surface area contributed by atoms with Gasteiger partial charge in [-0.15, -0.1) is 43.1 Å². The van der Waals surface area contributed by atoms with E-state index in [9.17, 15) is 9.59 Å². The number of aromatic nitrogens is 7. The van der Waals surface area contributed by atoms with Crippen LogP contribution in [0.1, 0.15) is 103 Å². The Morgan fingerprint density at radius 1 is 0.653 bits per heavy atom. The van der Waals surface area contributed by atoms with Gasteiger partial charge in [0.15, 0.2) is 11.6 Å². The minimum Gasteiger partial charge on any atom is -0.356 e. The molecule has 8 heterocycles. The van der Waals surface area contributed by atoms with Crippen molar-refractivity contribution in [3.05, 3.63) is 155 Å². The number of carbonyl (C=O) groups excluding carboxylic acids is 2. The van der Waals surface area contributed by atoms with Gasteiger partial charge in [-0.3, -0.25) is 33.7 Å². The van der Waals surface area contributed by atoms with Gasteiger partial charge < -0.3 is 20.4 Å². The fourth-order valence-electron chi connectivity index (χ4n) is 9.25. The Balaban J connectivity index is 0.000000178. The number of fused-ring (bicyclic) bond motifs is 6. The van der Waals surface area contributed by atoms with Gasteiger partial charge in [0, 0.05) is 93.7 Å². The second-order valence-electron chi connectivity index (χ2n) is 18.5. The number of nitrogens with one attached hydrogen (secondary N) is 2. The van der Waals surface area contributed by atoms with Crippen LogP contribution in [0.3, 0.4) is 0 Å². The minimum absolute atomic E-state index is 0.0204. The predicted molar refractivity (Wildman–Crippen MR) is 288 cm³/mol. The summed E-state index contributed by atoms with van der Waals surface area (Å²) in [4.78, 5) is 47.8. The first-order valence-electron chi connectivity index (χ1n) is 24.3. The largest absolute Gasteiger partial charge is 0.356 e. The number of benzene rings is 2. The van der Waals surface area contributed by atoms with E-state index in [2.05, 4.69) is 89.7 Å². The molecule has 2 N–H and O–H groups in total. The Labute approximate surface area is 438 Å². The summed E-state index contributed by atoms with van der Waals surface area (Å²) in [6.45, 7) is 18.9. The number of nitrogens with zero attached hydrogens (tertiary/aromatic N) is 11. The first-order valence-corrected chi connectivity index (χ1v) is 26.7. The van der Waals surface area contributed by atoms with E-state index in [-0.39, 0.29) is 24.7 Å². The summed E-state index contributed by atoms with van der Waals surface area (Å²) in [5.74, 6) is 2.85. The third kappa shape index (κ3) is 11.2. The molecular formula is C53H59Cl2N13O2S2. The number of likely N-dealkylation sites (N-methyl/N-ethyl adjacent to an activating group) is 1. The van der Waals surface area contributed by atoms with Gasteiger partial charge in [-0.1, -0.05) is 53.5 Å². The minimum atomic E-state index is -0.473. The molecule has 5 aromatic heterocycles. The molecule has 10 rings (SSSR count). The molecule has 0 bridgehead atoms. The van der Waals surface area contributed by atoms with Crippen LogP contribution in [0.4, 0.5) is 0 Å². The van der Waals surface area contributed by atoms with Gasteiger partial charge >= 0.3 is 0 Å². The second kappa shape index (κ2) is 22.4. The summed E-state index contributed by atoms with van der Waals surface area (Å²) in [6.07, 6.45) is 5.60. The van der Waals surface area contributed by atoms with Crippen LogP contribution in [0.15, 0.2) is 83.0 Å². The third-order valence-corrected chi connectivity index (χ3v) is 16.4. The van der Waals surface area contributed by atoms with Crippen LogP contribution in [0, 0.1) is 41.5 Å². The average molecular weight is 1050 g/mol. The highest BCUT2D eigenvalue weighted by Crippen LogP contribution is 2.41. The molecule has 19 heteroatoms. The number of aliphatic imine (C=N–C) groups is 2. The van der Waals surface area contributed by atoms with E-state index in [0.717, 1.165) is 100 Å². The van der Waals surface area contributed by atoms with E-state index in [1.54, 1.807) is 28.9 Å². The summed E-state index contributed by atoms with van der Waals surface area (Å²) in [7, 11) is 2.16. The van der Waals surface area contributed by atoms with Crippen molar-refractivity contribution in [1.29, 1.82) is 0 Å². The van der Waals surface area contributed by atoms with Gasteiger partial charge in [0.25, 0.3) is 0 Å². The number of hydrogen-bond acceptors (Lipinski definition) is 13. The van der Waals surface area contributed by atoms with E-state index in [1.807, 2.05) is 80.7 Å². The van der Waals surface area contributed by atoms with Crippen LogP contribution < -0.4 is 10.6 Å². The molecule has 2 atom stereocenters. The van der Waals surface area contributed by atoms with Gasteiger partial charge in [-0.2, -0.15) is 0 Å². The highest BCUT2D eigenvalue weighted by Gasteiger charge is 2.34. The standard InChI is InChI=1S/C27H34ClN7OS.C26H25ClN6OS/c1-17-18(2)37-27-24(17)25(20-6-8-21(28)9-7-20)30-22(26-32-31-19(3)35(26)27)16-23(36)29-10-5-11-34-14-12-33(4)13-15-34;1-15-16(2)35-26-23(15)24(19-6-8-20(27)9-7-19)30-21(25-32-31-17(3)33(25)26)13-22(34)29-12-10-18-5-4-11-28-14-18/h6-9,22H,5,10-16H2,1-4H3,(H,29,36);4-9,11,14,21H,10,12-13H2,1-3H3,(H,29,34). The van der Waals surface area contributed by atoms with Crippen LogP contribution in [0.2, 0.25) is 10.0 Å². The topological polar surface area (TPSA) is 164 Å². The molecule has 1 saturated heterocycles. The number of aryl methyl sites for hydroxylation is 4. The molecule has 2 unspecified atom stereocenters. The lowest BCUT2D eigenvalue weighted by Gasteiger charge is -2.32. The summed E-state index contributed by atoms with van der Waals surface area (Å²) in [6, 6.07) is 18.4. The highest BCUT2D eigenvalue weighted by atomic mass is 35.5. The smallest absolute Gasteiger partial charge is 0.222 e. The Hall–Kier alpha value is -5.95. The van der Waals surface area contributed by atoms with Crippen molar-refractivity contribution in [3.63, 3.8) is 0 Å². The van der Waals surface area contributed by atoms with Crippen LogP contribution in [0.25, 0.3) is 10.0 Å². The van der Waals surface area contributed by atoms with Crippen molar-refractivity contribution in [3.8, 4) is 10.0 Å². The van der Waals surface area contributed by atoms with Gasteiger partial charge in [0.1, 0.15) is 33.7 Å². The zero-order valence-electron chi connectivity index (χ0n) is 41.7. The Kier molecular flexibility index (Phi) is 15.9. The summed E-state index contributed by atoms with van der Waals surface area (Å²) >= 11 is 15.8. The zero-order chi connectivity index (χ0) is 50.6. The molecule has 0 spiro atoms. The van der Waals surface area contributed by atoms with E-state index in [1.165, 1.54) is 20.9 Å². The molecule has 0 radical (unpaired) electrons. The predicted octanol–water partition coefficient (Wildman–Crippen LogP) is 8.89. The third-order valence-electron chi connectivity index (χ3n) is 13.5. The number of hydrogen-bond donors (Lipinski definition) is 2. The first-order chi connectivity index (χ1) is 34.7. The summed E-state index contributed by atoms with van der Waals surface area (Å²) < 4.78 is 4.14. The lowest BCUT2D eigenvalue weighted by Crippen LogP contribution is -2.45. The maximum Gasteiger partial charge on any atom is 0.222 e. The maximum absolute atomic E-state index is 13.1. The fourth-order valence-corrected chi connectivity index (χ4v) is 11.9. The lowest BCUT2D eigenvalue weighted by molar-refractivity contribution is -0.122. The quantitative estimate of drug-likeness (QED) is 0.107. The van der Waals surface area contributed by atoms with Gasteiger partial charge in [-0.25, -0.2) is 0 Å². The number of amides is 2. The Morgan fingerprint density at radius 3 is 1.61 bits per heavy atom. The van der Waals surface area contributed by atoms with Crippen molar-refractivity contribution < 1.29 is 9.59 Å². The highest BCUT2D eigenvalue weighted by molar-refractivity contribution is 7.15. The maximum atomic E-state index is 13.1. The van der Waals surface area contributed by atoms with Crippen LogP contribution in [-0.2, 0) is 16.0 Å². The number of thiophene rings is 2. The van der Waals surface area contributed by atoms with Crippen molar-refractivity contribution in [2.24, 2.45) is 9.98 Å². The molecule has 3 aliphatic rings. The van der Waals surface area contributed by atoms with E-state index < -0.39 is 12.1 Å². The summed E-state index contributed by atoms with van der Waals surface area (Å²) in [5, 5.41) is 27.2. The van der Waals surface area contributed by atoms with Crippen molar-refractivity contribution in [1.82, 2.24) is 54.9 Å². The van der Waals surface area contributed by atoms with Crippen molar-refractivity contribution in [2.75, 3.05) is 52.9 Å². The molecule has 72 heavy (non-hydrogen) atoms. The van der Waals surface area contributed by atoms with Crippen molar-refractivity contribution >= 4 is 69.1 Å². The Morgan fingerprint density at radius 2 is 1.14 bits per heavy atom. The average Bonchev–Trinajstić information content (AvgIpc) is 4.06. The van der Waals surface area contributed by atoms with E-state index in [4.69, 9.17) is 33.2 Å². The SMILES string of the molecule is Cc1sc2c(c1C)C(c1ccc(Cl)cc1)=NC(CC(=O)NCCCN1CCN(C)CC1)c1nnc(C)n1-2.Cc1sc2c(c1C)C(c1ccc(Cl)cc1)=NC(CC(=O)NCCc1cccnc1)c1nnc(C)n1-2. The molecular weight excluding hydrogens is 986 g/mol. The van der Waals surface area contributed by atoms with Gasteiger partial charge in [0.2, 0.25) is 11.8 Å². The molecule has 2 aromatic carbocycles. The van der Waals surface area contributed by atoms with Gasteiger partial charge in [0.05, 0.1) is 24.3 Å². The number of halogens is 2. The van der Waals surface area contributed by atoms with Crippen LogP contribution in [0.5, 0.6) is 0 Å². The molecule has 15 nitrogen and oxygen atoms in total. The second-order valence-corrected chi connectivity index (χ2v) is 21.8. The number of rotatable bonds is 13. The summed E-state index contributed by atoms with van der Waals surface area (Å²) in [5.41, 5.74) is 9.19. The zero-order valence-corrected chi connectivity index (χ0v) is 44.8. The number of pyridine rings is 1. The molecule has 0 saturated carbocycles. The van der Waals surface area contributed by atoms with Crippen LogP contribution >= 0.6 is 45.9 Å². The Bertz CT molecular complexity index is 3130. The molecule has 7 aromatic rings.